The second kappa shape index (κ2) is 6.34. The van der Waals surface area contributed by atoms with Crippen molar-refractivity contribution in [3.8, 4) is 22.8 Å². The van der Waals surface area contributed by atoms with Gasteiger partial charge in [-0.1, -0.05) is 42.0 Å². The van der Waals surface area contributed by atoms with Crippen LogP contribution in [0, 0.1) is 27.7 Å². The molecule has 0 fully saturated rings. The van der Waals surface area contributed by atoms with Gasteiger partial charge in [-0.2, -0.15) is 0 Å². The Kier molecular flexibility index (Phi) is 4.00. The normalized spacial score (nSPS) is 11.1. The molecule has 128 valence electrons. The first-order valence-corrected chi connectivity index (χ1v) is 8.81. The first kappa shape index (κ1) is 16.4. The van der Waals surface area contributed by atoms with Gasteiger partial charge in [0.25, 0.3) is 0 Å². The minimum absolute atomic E-state index is 0.660. The van der Waals surface area contributed by atoms with E-state index in [0.717, 1.165) is 27.9 Å². The molecule has 0 amide bonds. The van der Waals surface area contributed by atoms with Crippen molar-refractivity contribution < 1.29 is 0 Å². The van der Waals surface area contributed by atoms with E-state index >= 15 is 0 Å². The summed E-state index contributed by atoms with van der Waals surface area (Å²) in [6, 6.07) is 16.5. The monoisotopic (exact) mass is 339 g/mol. The van der Waals surface area contributed by atoms with Gasteiger partial charge in [0.2, 0.25) is 0 Å². The number of para-hydroxylation sites is 1. The number of fused-ring (bicyclic) bond motifs is 1. The molecule has 0 saturated heterocycles. The highest BCUT2D eigenvalue weighted by Crippen LogP contribution is 2.31. The topological polar surface area (TPSA) is 38.7 Å². The van der Waals surface area contributed by atoms with Crippen molar-refractivity contribution in [1.29, 1.82) is 0 Å². The van der Waals surface area contributed by atoms with Gasteiger partial charge < -0.3 is 0 Å². The molecular formula is C23H21N3. The zero-order chi connectivity index (χ0) is 18.3. The summed E-state index contributed by atoms with van der Waals surface area (Å²) in [7, 11) is 0. The van der Waals surface area contributed by atoms with Crippen LogP contribution in [0.2, 0.25) is 0 Å². The zero-order valence-electron chi connectivity index (χ0n) is 15.5. The number of aryl methyl sites for hydroxylation is 4. The van der Waals surface area contributed by atoms with Gasteiger partial charge in [-0.25, -0.2) is 15.0 Å². The maximum Gasteiger partial charge on any atom is 0.178 e. The van der Waals surface area contributed by atoms with Gasteiger partial charge in [-0.3, -0.25) is 0 Å². The number of nitrogens with zero attached hydrogens (tertiary/aromatic N) is 3. The van der Waals surface area contributed by atoms with Crippen molar-refractivity contribution in [2.24, 2.45) is 0 Å². The Bertz CT molecular complexity index is 1110. The zero-order valence-corrected chi connectivity index (χ0v) is 15.5. The molecule has 0 radical (unpaired) electrons. The van der Waals surface area contributed by atoms with Crippen LogP contribution in [0.25, 0.3) is 33.7 Å². The molecule has 0 saturated carbocycles. The predicted octanol–water partition coefficient (Wildman–Crippen LogP) is 5.59. The van der Waals surface area contributed by atoms with Crippen LogP contribution < -0.4 is 0 Å². The van der Waals surface area contributed by atoms with E-state index in [2.05, 4.69) is 50.9 Å². The van der Waals surface area contributed by atoms with Crippen molar-refractivity contribution >= 4 is 10.9 Å². The molecule has 4 rings (SSSR count). The van der Waals surface area contributed by atoms with E-state index in [4.69, 9.17) is 9.97 Å². The average molecular weight is 339 g/mol. The van der Waals surface area contributed by atoms with Crippen LogP contribution >= 0.6 is 0 Å². The Morgan fingerprint density at radius 1 is 0.731 bits per heavy atom. The average Bonchev–Trinajstić information content (AvgIpc) is 2.62. The third-order valence-corrected chi connectivity index (χ3v) is 4.73. The third-order valence-electron chi connectivity index (χ3n) is 4.73. The number of benzene rings is 2. The largest absolute Gasteiger partial charge is 0.244 e. The molecule has 0 atom stereocenters. The van der Waals surface area contributed by atoms with E-state index in [1.54, 1.807) is 0 Å². The molecule has 4 aromatic rings. The van der Waals surface area contributed by atoms with Gasteiger partial charge in [0.05, 0.1) is 11.2 Å². The molecule has 0 aliphatic carbocycles. The highest BCUT2D eigenvalue weighted by Gasteiger charge is 2.13. The predicted molar refractivity (Wildman–Crippen MR) is 107 cm³/mol. The number of pyridine rings is 1. The standard InChI is InChI=1S/C23H21N3/c1-14-11-16(3)21(17(4)12-14)22-15(2)9-10-20(25-22)23-24-13-18-7-5-6-8-19(18)26-23/h5-13H,1-4H3. The van der Waals surface area contributed by atoms with Crippen LogP contribution in [0.5, 0.6) is 0 Å². The van der Waals surface area contributed by atoms with E-state index in [1.165, 1.54) is 22.3 Å². The fourth-order valence-electron chi connectivity index (χ4n) is 3.56. The summed E-state index contributed by atoms with van der Waals surface area (Å²) in [5.41, 5.74) is 8.87. The Balaban J connectivity index is 1.89. The summed E-state index contributed by atoms with van der Waals surface area (Å²) < 4.78 is 0. The number of hydrogen-bond donors (Lipinski definition) is 0. The first-order chi connectivity index (χ1) is 12.5. The molecule has 0 aliphatic heterocycles. The number of hydrogen-bond acceptors (Lipinski definition) is 3. The molecule has 3 heteroatoms. The second-order valence-electron chi connectivity index (χ2n) is 6.89. The van der Waals surface area contributed by atoms with Crippen molar-refractivity contribution in [1.82, 2.24) is 15.0 Å². The second-order valence-corrected chi connectivity index (χ2v) is 6.89. The highest BCUT2D eigenvalue weighted by atomic mass is 14.9. The van der Waals surface area contributed by atoms with Gasteiger partial charge in [0, 0.05) is 17.1 Å². The maximum absolute atomic E-state index is 4.95. The van der Waals surface area contributed by atoms with Crippen molar-refractivity contribution in [3.63, 3.8) is 0 Å². The van der Waals surface area contributed by atoms with Crippen LogP contribution in [-0.2, 0) is 0 Å². The lowest BCUT2D eigenvalue weighted by Crippen LogP contribution is -1.99. The van der Waals surface area contributed by atoms with Crippen LogP contribution in [-0.4, -0.2) is 15.0 Å². The summed E-state index contributed by atoms with van der Waals surface area (Å²) >= 11 is 0. The van der Waals surface area contributed by atoms with Crippen molar-refractivity contribution in [2.45, 2.75) is 27.7 Å². The van der Waals surface area contributed by atoms with Crippen LogP contribution in [0.4, 0.5) is 0 Å². The smallest absolute Gasteiger partial charge is 0.178 e. The minimum Gasteiger partial charge on any atom is -0.244 e. The highest BCUT2D eigenvalue weighted by molar-refractivity contribution is 5.79. The lowest BCUT2D eigenvalue weighted by molar-refractivity contribution is 1.16. The fraction of sp³-hybridized carbons (Fsp3) is 0.174. The van der Waals surface area contributed by atoms with Gasteiger partial charge in [-0.15, -0.1) is 0 Å². The fourth-order valence-corrected chi connectivity index (χ4v) is 3.56. The molecule has 26 heavy (non-hydrogen) atoms. The lowest BCUT2D eigenvalue weighted by atomic mass is 9.94. The SMILES string of the molecule is Cc1cc(C)c(-c2nc(-c3ncc4ccccc4n3)ccc2C)c(C)c1. The Morgan fingerprint density at radius 2 is 1.46 bits per heavy atom. The molecule has 0 spiro atoms. The molecule has 0 unspecified atom stereocenters. The van der Waals surface area contributed by atoms with Crippen molar-refractivity contribution in [3.05, 3.63) is 77.0 Å². The molecule has 0 aliphatic rings. The first-order valence-electron chi connectivity index (χ1n) is 8.81. The summed E-state index contributed by atoms with van der Waals surface area (Å²) in [6.07, 6.45) is 1.86. The maximum atomic E-state index is 4.95. The van der Waals surface area contributed by atoms with E-state index in [9.17, 15) is 0 Å². The summed E-state index contributed by atoms with van der Waals surface area (Å²) in [4.78, 5) is 14.2. The Morgan fingerprint density at radius 3 is 2.23 bits per heavy atom. The number of rotatable bonds is 2. The summed E-state index contributed by atoms with van der Waals surface area (Å²) in [5, 5.41) is 1.04. The number of aromatic nitrogens is 3. The molecule has 2 aromatic heterocycles. The van der Waals surface area contributed by atoms with Crippen LogP contribution in [0.15, 0.2) is 54.7 Å². The van der Waals surface area contributed by atoms with Crippen LogP contribution in [0.1, 0.15) is 22.3 Å². The van der Waals surface area contributed by atoms with Gasteiger partial charge in [0.1, 0.15) is 5.69 Å². The van der Waals surface area contributed by atoms with Crippen LogP contribution in [0.3, 0.4) is 0 Å². The molecule has 2 aromatic carbocycles. The summed E-state index contributed by atoms with van der Waals surface area (Å²) in [6.45, 7) is 8.53. The van der Waals surface area contributed by atoms with Crippen molar-refractivity contribution in [2.75, 3.05) is 0 Å². The molecule has 0 bridgehead atoms. The third kappa shape index (κ3) is 2.86. The lowest BCUT2D eigenvalue weighted by Gasteiger charge is -2.14. The van der Waals surface area contributed by atoms with Gasteiger partial charge in [0.15, 0.2) is 5.82 Å². The quantitative estimate of drug-likeness (QED) is 0.477. The van der Waals surface area contributed by atoms with Gasteiger partial charge in [-0.05, 0) is 56.5 Å². The molecule has 3 nitrogen and oxygen atoms in total. The van der Waals surface area contributed by atoms with E-state index < -0.39 is 0 Å². The van der Waals surface area contributed by atoms with E-state index in [-0.39, 0.29) is 0 Å². The minimum atomic E-state index is 0.660. The van der Waals surface area contributed by atoms with E-state index in [1.807, 2.05) is 36.5 Å². The molecule has 2 heterocycles. The summed E-state index contributed by atoms with van der Waals surface area (Å²) in [5.74, 6) is 0.660. The van der Waals surface area contributed by atoms with Gasteiger partial charge >= 0.3 is 0 Å². The Labute approximate surface area is 153 Å². The molecule has 0 N–H and O–H groups in total. The van der Waals surface area contributed by atoms with E-state index in [0.29, 0.717) is 5.82 Å². The Hall–Kier alpha value is -3.07. The molecular weight excluding hydrogens is 318 g/mol.